The minimum Gasteiger partial charge on any atom is -0.464 e. The van der Waals surface area contributed by atoms with Gasteiger partial charge in [0.15, 0.2) is 5.13 Å². The molecule has 0 spiro atoms. The van der Waals surface area contributed by atoms with Crippen LogP contribution in [0.4, 0.5) is 5.13 Å². The van der Waals surface area contributed by atoms with Crippen LogP contribution in [0.5, 0.6) is 0 Å². The summed E-state index contributed by atoms with van der Waals surface area (Å²) in [5, 5.41) is 8.56. The number of anilines is 1. The van der Waals surface area contributed by atoms with Crippen molar-refractivity contribution in [1.29, 1.82) is 0 Å². The molecule has 1 amide bonds. The molecule has 8 nitrogen and oxygen atoms in total. The molecule has 0 aliphatic carbocycles. The summed E-state index contributed by atoms with van der Waals surface area (Å²) in [5.41, 5.74) is 1.27. The fourth-order valence-corrected chi connectivity index (χ4v) is 3.80. The highest BCUT2D eigenvalue weighted by Gasteiger charge is 2.40. The van der Waals surface area contributed by atoms with Gasteiger partial charge in [0, 0.05) is 24.3 Å². The Bertz CT molecular complexity index is 780. The van der Waals surface area contributed by atoms with E-state index in [4.69, 9.17) is 4.74 Å². The van der Waals surface area contributed by atoms with Crippen LogP contribution in [-0.2, 0) is 14.3 Å². The summed E-state index contributed by atoms with van der Waals surface area (Å²) in [6.07, 6.45) is 3.14. The van der Waals surface area contributed by atoms with Crippen LogP contribution in [0.1, 0.15) is 23.3 Å². The number of ether oxygens (including phenoxy) is 2. The van der Waals surface area contributed by atoms with E-state index in [2.05, 4.69) is 25.3 Å². The zero-order chi connectivity index (χ0) is 18.6. The van der Waals surface area contributed by atoms with Gasteiger partial charge in [-0.05, 0) is 32.0 Å². The van der Waals surface area contributed by atoms with Gasteiger partial charge >= 0.3 is 5.97 Å². The number of methoxy groups -OCH3 is 2. The van der Waals surface area contributed by atoms with Crippen molar-refractivity contribution in [3.63, 3.8) is 0 Å². The van der Waals surface area contributed by atoms with Crippen LogP contribution in [0.15, 0.2) is 17.6 Å². The molecule has 0 saturated carbocycles. The zero-order valence-electron chi connectivity index (χ0n) is 15.2. The normalized spacial score (nSPS) is 15.6. The van der Waals surface area contributed by atoms with Crippen LogP contribution in [-0.4, -0.2) is 55.8 Å². The summed E-state index contributed by atoms with van der Waals surface area (Å²) >= 11 is 1.35. The highest BCUT2D eigenvalue weighted by atomic mass is 35.5. The highest BCUT2D eigenvalue weighted by Crippen LogP contribution is 2.32. The molecule has 0 atom stereocenters. The summed E-state index contributed by atoms with van der Waals surface area (Å²) in [4.78, 5) is 31.7. The number of esters is 1. The summed E-state index contributed by atoms with van der Waals surface area (Å²) in [5.74, 6) is -0.501. The van der Waals surface area contributed by atoms with Gasteiger partial charge < -0.3 is 25.1 Å². The minimum atomic E-state index is -0.530. The fraction of sp³-hybridized carbons (Fsp3) is 0.471. The number of halogens is 1. The van der Waals surface area contributed by atoms with Crippen LogP contribution in [0.2, 0.25) is 0 Å². The van der Waals surface area contributed by atoms with Crippen LogP contribution in [0.3, 0.4) is 0 Å². The lowest BCUT2D eigenvalue weighted by Crippen LogP contribution is -2.47. The number of nitrogens with zero attached hydrogens (tertiary/aromatic N) is 1. The Labute approximate surface area is 167 Å². The Kier molecular flexibility index (Phi) is 7.37. The molecule has 2 aromatic rings. The monoisotopic (exact) mass is 414 g/mol. The molecule has 1 fully saturated rings. The molecule has 1 saturated heterocycles. The number of amides is 1. The standard InChI is InChI=1S/C17H22N4O4S.ClH/c1-24-10-17(3-5-18-6-4-17)15(23)21-16-20-13(9-26-16)11-7-12(19-8-11)14(22)25-2;/h7-9,18-19H,3-6,10H2,1-2H3,(H,20,21,23);1H. The quantitative estimate of drug-likeness (QED) is 0.626. The summed E-state index contributed by atoms with van der Waals surface area (Å²) < 4.78 is 9.98. The molecule has 0 radical (unpaired) electrons. The Morgan fingerprint density at radius 2 is 2.07 bits per heavy atom. The van der Waals surface area contributed by atoms with E-state index in [1.165, 1.54) is 18.4 Å². The molecule has 3 rings (SSSR count). The summed E-state index contributed by atoms with van der Waals surface area (Å²) in [7, 11) is 2.94. The molecule has 3 heterocycles. The second-order valence-corrected chi connectivity index (χ2v) is 7.11. The van der Waals surface area contributed by atoms with Gasteiger partial charge in [-0.15, -0.1) is 23.7 Å². The number of carbonyl (C=O) groups is 2. The third kappa shape index (κ3) is 4.67. The average molecular weight is 415 g/mol. The van der Waals surface area contributed by atoms with Crippen LogP contribution < -0.4 is 10.6 Å². The van der Waals surface area contributed by atoms with E-state index in [0.29, 0.717) is 23.1 Å². The number of hydrogen-bond acceptors (Lipinski definition) is 7. The number of aromatic amines is 1. The van der Waals surface area contributed by atoms with E-state index in [1.54, 1.807) is 19.4 Å². The van der Waals surface area contributed by atoms with Crippen molar-refractivity contribution in [2.24, 2.45) is 5.41 Å². The van der Waals surface area contributed by atoms with Crippen molar-refractivity contribution in [3.05, 3.63) is 23.3 Å². The van der Waals surface area contributed by atoms with E-state index >= 15 is 0 Å². The van der Waals surface area contributed by atoms with Gasteiger partial charge in [-0.2, -0.15) is 0 Å². The van der Waals surface area contributed by atoms with Gasteiger partial charge in [0.1, 0.15) is 5.69 Å². The van der Waals surface area contributed by atoms with Gasteiger partial charge in [0.05, 0.1) is 24.8 Å². The molecule has 10 heteroatoms. The van der Waals surface area contributed by atoms with E-state index in [1.807, 2.05) is 5.38 Å². The number of nitrogens with one attached hydrogen (secondary N) is 3. The number of carbonyl (C=O) groups excluding carboxylic acids is 2. The lowest BCUT2D eigenvalue weighted by Gasteiger charge is -2.35. The van der Waals surface area contributed by atoms with E-state index in [0.717, 1.165) is 31.5 Å². The van der Waals surface area contributed by atoms with Crippen molar-refractivity contribution < 1.29 is 19.1 Å². The second-order valence-electron chi connectivity index (χ2n) is 6.25. The number of rotatable bonds is 6. The van der Waals surface area contributed by atoms with Crippen molar-refractivity contribution in [2.45, 2.75) is 12.8 Å². The predicted octanol–water partition coefficient (Wildman–Crippen LogP) is 2.30. The van der Waals surface area contributed by atoms with E-state index in [9.17, 15) is 9.59 Å². The number of aromatic nitrogens is 2. The molecule has 1 aliphatic heterocycles. The molecule has 148 valence electrons. The Morgan fingerprint density at radius 1 is 1.33 bits per heavy atom. The number of hydrogen-bond donors (Lipinski definition) is 3. The average Bonchev–Trinajstić information content (AvgIpc) is 3.31. The number of piperidine rings is 1. The van der Waals surface area contributed by atoms with Gasteiger partial charge in [0.2, 0.25) is 5.91 Å². The van der Waals surface area contributed by atoms with Crippen LogP contribution in [0.25, 0.3) is 11.3 Å². The molecule has 0 aromatic carbocycles. The van der Waals surface area contributed by atoms with Crippen molar-refractivity contribution in [2.75, 3.05) is 39.2 Å². The van der Waals surface area contributed by atoms with Crippen molar-refractivity contribution in [3.8, 4) is 11.3 Å². The first kappa shape index (κ1) is 21.4. The maximum atomic E-state index is 12.8. The molecular weight excluding hydrogens is 392 g/mol. The maximum absolute atomic E-state index is 12.8. The summed E-state index contributed by atoms with van der Waals surface area (Å²) in [6.45, 7) is 1.97. The van der Waals surface area contributed by atoms with Gasteiger partial charge in [-0.3, -0.25) is 4.79 Å². The lowest BCUT2D eigenvalue weighted by atomic mass is 9.79. The predicted molar refractivity (Wildman–Crippen MR) is 106 cm³/mol. The van der Waals surface area contributed by atoms with Crippen LogP contribution in [0, 0.1) is 5.41 Å². The van der Waals surface area contributed by atoms with E-state index < -0.39 is 11.4 Å². The molecular formula is C17H23ClN4O4S. The Balaban J connectivity index is 0.00000261. The molecule has 0 unspecified atom stereocenters. The van der Waals surface area contributed by atoms with Crippen molar-refractivity contribution in [1.82, 2.24) is 15.3 Å². The maximum Gasteiger partial charge on any atom is 0.354 e. The van der Waals surface area contributed by atoms with Gasteiger partial charge in [-0.25, -0.2) is 9.78 Å². The van der Waals surface area contributed by atoms with Crippen molar-refractivity contribution >= 4 is 40.8 Å². The first-order chi connectivity index (χ1) is 12.6. The second kappa shape index (κ2) is 9.32. The molecule has 27 heavy (non-hydrogen) atoms. The molecule has 2 aromatic heterocycles. The lowest BCUT2D eigenvalue weighted by molar-refractivity contribution is -0.130. The largest absolute Gasteiger partial charge is 0.464 e. The smallest absolute Gasteiger partial charge is 0.354 e. The molecule has 0 bridgehead atoms. The Morgan fingerprint density at radius 3 is 2.74 bits per heavy atom. The zero-order valence-corrected chi connectivity index (χ0v) is 16.8. The van der Waals surface area contributed by atoms with Gasteiger partial charge in [-0.1, -0.05) is 0 Å². The topological polar surface area (TPSA) is 105 Å². The molecule has 3 N–H and O–H groups in total. The minimum absolute atomic E-state index is 0. The third-order valence-electron chi connectivity index (χ3n) is 4.57. The summed E-state index contributed by atoms with van der Waals surface area (Å²) in [6, 6.07) is 1.67. The number of thiazole rings is 1. The van der Waals surface area contributed by atoms with E-state index in [-0.39, 0.29) is 18.3 Å². The van der Waals surface area contributed by atoms with Crippen LogP contribution >= 0.6 is 23.7 Å². The highest BCUT2D eigenvalue weighted by molar-refractivity contribution is 7.14. The first-order valence-corrected chi connectivity index (χ1v) is 9.20. The SMILES string of the molecule is COCC1(C(=O)Nc2nc(-c3c[nH]c(C(=O)OC)c3)cs2)CCNCC1.Cl. The Hall–Kier alpha value is -1.94. The number of H-pyrrole nitrogens is 1. The molecule has 1 aliphatic rings. The third-order valence-corrected chi connectivity index (χ3v) is 5.33. The van der Waals surface area contributed by atoms with Gasteiger partial charge in [0.25, 0.3) is 0 Å². The fourth-order valence-electron chi connectivity index (χ4n) is 3.08. The first-order valence-electron chi connectivity index (χ1n) is 8.32.